The first-order chi connectivity index (χ1) is 8.22. The second kappa shape index (κ2) is 5.63. The van der Waals surface area contributed by atoms with E-state index in [1.807, 2.05) is 0 Å². The van der Waals surface area contributed by atoms with Crippen molar-refractivity contribution in [1.29, 1.82) is 0 Å². The van der Waals surface area contributed by atoms with Crippen molar-refractivity contribution in [1.82, 2.24) is 5.43 Å². The highest BCUT2D eigenvalue weighted by Gasteiger charge is 2.24. The summed E-state index contributed by atoms with van der Waals surface area (Å²) in [5.41, 5.74) is 6.93. The van der Waals surface area contributed by atoms with Gasteiger partial charge in [0.25, 0.3) is 0 Å². The van der Waals surface area contributed by atoms with Gasteiger partial charge < -0.3 is 4.74 Å². The lowest BCUT2D eigenvalue weighted by Crippen LogP contribution is -2.36. The van der Waals surface area contributed by atoms with Gasteiger partial charge in [-0.25, -0.2) is 0 Å². The van der Waals surface area contributed by atoms with Crippen LogP contribution in [0.1, 0.15) is 35.6 Å². The van der Waals surface area contributed by atoms with E-state index < -0.39 is 0 Å². The number of hydrazine groups is 1. The molecule has 1 aromatic carbocycles. The Hall–Kier alpha value is -0.900. The van der Waals surface area contributed by atoms with Gasteiger partial charge in [-0.2, -0.15) is 0 Å². The first-order valence-electron chi connectivity index (χ1n) is 6.33. The summed E-state index contributed by atoms with van der Waals surface area (Å²) >= 11 is 0. The van der Waals surface area contributed by atoms with Gasteiger partial charge in [0.15, 0.2) is 0 Å². The first kappa shape index (κ1) is 12.6. The summed E-state index contributed by atoms with van der Waals surface area (Å²) in [6.45, 7) is 6.00. The lowest BCUT2D eigenvalue weighted by atomic mass is 9.86. The summed E-state index contributed by atoms with van der Waals surface area (Å²) in [5.74, 6) is 6.31. The van der Waals surface area contributed by atoms with E-state index in [0.717, 1.165) is 26.1 Å². The predicted molar refractivity (Wildman–Crippen MR) is 69.5 cm³/mol. The van der Waals surface area contributed by atoms with Gasteiger partial charge in [0, 0.05) is 19.3 Å². The Morgan fingerprint density at radius 2 is 1.94 bits per heavy atom. The summed E-state index contributed by atoms with van der Waals surface area (Å²) in [6, 6.07) is 6.85. The van der Waals surface area contributed by atoms with Crippen molar-refractivity contribution in [2.75, 3.05) is 13.2 Å². The molecule has 0 spiro atoms. The highest BCUT2D eigenvalue weighted by molar-refractivity contribution is 5.32. The molecule has 1 unspecified atom stereocenters. The smallest absolute Gasteiger partial charge is 0.0489 e. The summed E-state index contributed by atoms with van der Waals surface area (Å²) < 4.78 is 5.40. The van der Waals surface area contributed by atoms with Crippen molar-refractivity contribution < 1.29 is 4.74 Å². The molecule has 1 aliphatic rings. The molecule has 0 radical (unpaired) electrons. The van der Waals surface area contributed by atoms with E-state index in [4.69, 9.17) is 10.6 Å². The largest absolute Gasteiger partial charge is 0.381 e. The number of hydrogen-bond acceptors (Lipinski definition) is 3. The molecule has 0 bridgehead atoms. The third-order valence-corrected chi connectivity index (χ3v) is 3.81. The van der Waals surface area contributed by atoms with Crippen LogP contribution in [0.15, 0.2) is 18.2 Å². The van der Waals surface area contributed by atoms with E-state index in [9.17, 15) is 0 Å². The third-order valence-electron chi connectivity index (χ3n) is 3.81. The van der Waals surface area contributed by atoms with E-state index in [0.29, 0.717) is 5.92 Å². The minimum absolute atomic E-state index is 0.248. The Bertz CT molecular complexity index is 372. The molecule has 1 fully saturated rings. The maximum Gasteiger partial charge on any atom is 0.0489 e. The molecule has 1 atom stereocenters. The van der Waals surface area contributed by atoms with Crippen molar-refractivity contribution in [2.45, 2.75) is 32.7 Å². The van der Waals surface area contributed by atoms with Crippen LogP contribution in [0.25, 0.3) is 0 Å². The van der Waals surface area contributed by atoms with Gasteiger partial charge in [0.2, 0.25) is 0 Å². The number of hydrogen-bond donors (Lipinski definition) is 2. The summed E-state index contributed by atoms with van der Waals surface area (Å²) in [4.78, 5) is 0. The molecule has 3 nitrogen and oxygen atoms in total. The molecule has 1 heterocycles. The van der Waals surface area contributed by atoms with Crippen molar-refractivity contribution >= 4 is 0 Å². The number of nitrogens with one attached hydrogen (secondary N) is 1. The number of rotatable bonds is 3. The van der Waals surface area contributed by atoms with Crippen LogP contribution >= 0.6 is 0 Å². The number of nitrogens with two attached hydrogens (primary N) is 1. The van der Waals surface area contributed by atoms with Crippen LogP contribution in [0.5, 0.6) is 0 Å². The Labute approximate surface area is 103 Å². The number of aryl methyl sites for hydroxylation is 2. The fraction of sp³-hybridized carbons (Fsp3) is 0.571. The van der Waals surface area contributed by atoms with Gasteiger partial charge in [-0.3, -0.25) is 11.3 Å². The molecule has 0 aliphatic carbocycles. The van der Waals surface area contributed by atoms with Gasteiger partial charge in [0.05, 0.1) is 0 Å². The second-order valence-corrected chi connectivity index (χ2v) is 4.94. The minimum atomic E-state index is 0.248. The number of benzene rings is 1. The molecule has 1 aromatic rings. The lowest BCUT2D eigenvalue weighted by molar-refractivity contribution is 0.0536. The Balaban J connectivity index is 2.18. The van der Waals surface area contributed by atoms with Gasteiger partial charge in [-0.05, 0) is 49.3 Å². The fourth-order valence-corrected chi connectivity index (χ4v) is 2.51. The zero-order valence-electron chi connectivity index (χ0n) is 10.7. The molecular formula is C14H22N2O. The zero-order chi connectivity index (χ0) is 12.3. The van der Waals surface area contributed by atoms with Crippen LogP contribution in [0.3, 0.4) is 0 Å². The SMILES string of the molecule is Cc1ccc(C(NN)C2CCOCC2)cc1C. The topological polar surface area (TPSA) is 47.3 Å². The van der Waals surface area contributed by atoms with E-state index in [-0.39, 0.29) is 6.04 Å². The van der Waals surface area contributed by atoms with Crippen molar-refractivity contribution in [3.8, 4) is 0 Å². The predicted octanol–water partition coefficient (Wildman–Crippen LogP) is 2.23. The Morgan fingerprint density at radius 3 is 2.53 bits per heavy atom. The highest BCUT2D eigenvalue weighted by Crippen LogP contribution is 2.30. The van der Waals surface area contributed by atoms with Crippen molar-refractivity contribution in [3.63, 3.8) is 0 Å². The number of ether oxygens (including phenoxy) is 1. The van der Waals surface area contributed by atoms with E-state index in [2.05, 4.69) is 37.5 Å². The highest BCUT2D eigenvalue weighted by atomic mass is 16.5. The molecule has 3 heteroatoms. The molecule has 94 valence electrons. The standard InChI is InChI=1S/C14H22N2O/c1-10-3-4-13(9-11(10)2)14(16-15)12-5-7-17-8-6-12/h3-4,9,12,14,16H,5-8,15H2,1-2H3. The minimum Gasteiger partial charge on any atom is -0.381 e. The van der Waals surface area contributed by atoms with Crippen molar-refractivity contribution in [2.24, 2.45) is 11.8 Å². The molecule has 0 amide bonds. The van der Waals surface area contributed by atoms with E-state index >= 15 is 0 Å². The fourth-order valence-electron chi connectivity index (χ4n) is 2.51. The van der Waals surface area contributed by atoms with Gasteiger partial charge in [0.1, 0.15) is 0 Å². The molecule has 1 saturated heterocycles. The molecule has 0 saturated carbocycles. The van der Waals surface area contributed by atoms with Crippen LogP contribution in [0, 0.1) is 19.8 Å². The molecule has 17 heavy (non-hydrogen) atoms. The third kappa shape index (κ3) is 2.86. The maximum absolute atomic E-state index is 5.73. The molecule has 3 N–H and O–H groups in total. The molecular weight excluding hydrogens is 212 g/mol. The lowest BCUT2D eigenvalue weighted by Gasteiger charge is -2.30. The van der Waals surface area contributed by atoms with Crippen molar-refractivity contribution in [3.05, 3.63) is 34.9 Å². The first-order valence-corrected chi connectivity index (χ1v) is 6.33. The summed E-state index contributed by atoms with van der Waals surface area (Å²) in [7, 11) is 0. The molecule has 1 aliphatic heterocycles. The van der Waals surface area contributed by atoms with Crippen LogP contribution in [-0.4, -0.2) is 13.2 Å². The van der Waals surface area contributed by atoms with E-state index in [1.54, 1.807) is 0 Å². The molecule has 0 aromatic heterocycles. The van der Waals surface area contributed by atoms with Crippen LogP contribution in [0.2, 0.25) is 0 Å². The Morgan fingerprint density at radius 1 is 1.24 bits per heavy atom. The van der Waals surface area contributed by atoms with Gasteiger partial charge in [-0.1, -0.05) is 18.2 Å². The summed E-state index contributed by atoms with van der Waals surface area (Å²) in [6.07, 6.45) is 2.17. The Kier molecular flexibility index (Phi) is 4.15. The van der Waals surface area contributed by atoms with Gasteiger partial charge in [-0.15, -0.1) is 0 Å². The quantitative estimate of drug-likeness (QED) is 0.623. The van der Waals surface area contributed by atoms with Crippen LogP contribution < -0.4 is 11.3 Å². The van der Waals surface area contributed by atoms with E-state index in [1.165, 1.54) is 16.7 Å². The second-order valence-electron chi connectivity index (χ2n) is 4.94. The normalized spacial score (nSPS) is 19.2. The van der Waals surface area contributed by atoms with Crippen LogP contribution in [0.4, 0.5) is 0 Å². The van der Waals surface area contributed by atoms with Gasteiger partial charge >= 0.3 is 0 Å². The summed E-state index contributed by atoms with van der Waals surface area (Å²) in [5, 5.41) is 0. The zero-order valence-corrected chi connectivity index (χ0v) is 10.7. The monoisotopic (exact) mass is 234 g/mol. The molecule has 2 rings (SSSR count). The van der Waals surface area contributed by atoms with Crippen LogP contribution in [-0.2, 0) is 4.74 Å². The maximum atomic E-state index is 5.73. The average Bonchev–Trinajstić information content (AvgIpc) is 2.36. The average molecular weight is 234 g/mol.